The van der Waals surface area contributed by atoms with Gasteiger partial charge in [0.25, 0.3) is 0 Å². The summed E-state index contributed by atoms with van der Waals surface area (Å²) in [6, 6.07) is 14.2. The van der Waals surface area contributed by atoms with Gasteiger partial charge in [0.2, 0.25) is 29.5 Å². The highest BCUT2D eigenvalue weighted by atomic mass is 79.9. The number of hydrogen-bond donors (Lipinski definition) is 5. The fourth-order valence-corrected chi connectivity index (χ4v) is 6.84. The van der Waals surface area contributed by atoms with Gasteiger partial charge in [0, 0.05) is 42.3 Å². The monoisotopic (exact) mass is 1390 g/mol. The van der Waals surface area contributed by atoms with Crippen molar-refractivity contribution in [2.45, 2.75) is 94.6 Å². The van der Waals surface area contributed by atoms with E-state index in [1.807, 2.05) is 65.8 Å². The molecule has 19 nitrogen and oxygen atoms in total. The molecule has 412 valence electrons. The summed E-state index contributed by atoms with van der Waals surface area (Å²) >= 11 is 22.0. The first-order valence-electron chi connectivity index (χ1n) is 23.6. The summed E-state index contributed by atoms with van der Waals surface area (Å²) in [7, 11) is 2.88. The first kappa shape index (κ1) is 67.3. The molecule has 6 rings (SSSR count). The van der Waals surface area contributed by atoms with Crippen LogP contribution in [-0.2, 0) is 40.1 Å². The van der Waals surface area contributed by atoms with Crippen molar-refractivity contribution < 1.29 is 38.2 Å². The molecule has 0 bridgehead atoms. The first-order valence-corrected chi connectivity index (χ1v) is 27.9. The summed E-state index contributed by atoms with van der Waals surface area (Å²) in [5.74, 6) is 1.54. The number of amides is 5. The predicted octanol–water partition coefficient (Wildman–Crippen LogP) is 13.1. The number of carbonyl (C=O) groups is 6. The Kier molecular flexibility index (Phi) is 30.2. The van der Waals surface area contributed by atoms with E-state index < -0.39 is 5.97 Å². The normalized spacial score (nSPS) is 11.4. The smallest absolute Gasteiger partial charge is 0.341 e. The molecule has 1 fully saturated rings. The van der Waals surface area contributed by atoms with Gasteiger partial charge in [-0.15, -0.1) is 0 Å². The number of halogens is 6. The van der Waals surface area contributed by atoms with Crippen LogP contribution in [0, 0.1) is 29.6 Å². The molecule has 0 radical (unpaired) electrons. The number of carbonyl (C=O) groups excluding carboxylic acids is 6. The highest BCUT2D eigenvalue weighted by Crippen LogP contribution is 2.43. The average molecular weight is 1390 g/mol. The van der Waals surface area contributed by atoms with Gasteiger partial charge in [-0.25, -0.2) is 29.7 Å². The number of nitrogens with zero attached hydrogens (tertiary/aromatic N) is 6. The molecule has 0 aliphatic heterocycles. The fraction of sp³-hybridized carbons (Fsp3) is 0.412. The number of ether oxygens (including phenoxy) is 2. The molecule has 0 atom stereocenters. The minimum atomic E-state index is -0.538. The van der Waals surface area contributed by atoms with Gasteiger partial charge < -0.3 is 36.1 Å². The Balaban J connectivity index is 0.000000326. The molecule has 1 saturated carbocycles. The van der Waals surface area contributed by atoms with E-state index in [2.05, 4.69) is 141 Å². The van der Waals surface area contributed by atoms with Crippen molar-refractivity contribution in [2.75, 3.05) is 40.8 Å². The minimum absolute atomic E-state index is 0.0205. The predicted molar refractivity (Wildman–Crippen MR) is 314 cm³/mol. The molecular formula is C51H63Br5ClN11O8. The van der Waals surface area contributed by atoms with Crippen LogP contribution in [0.3, 0.4) is 0 Å². The van der Waals surface area contributed by atoms with E-state index in [1.54, 1.807) is 65.3 Å². The molecule has 1 aliphatic rings. The Morgan fingerprint density at radius 3 is 1.39 bits per heavy atom. The Morgan fingerprint density at radius 1 is 0.513 bits per heavy atom. The third-order valence-electron chi connectivity index (χ3n) is 9.68. The highest BCUT2D eigenvalue weighted by Gasteiger charge is 2.28. The van der Waals surface area contributed by atoms with E-state index in [0.29, 0.717) is 53.4 Å². The fourth-order valence-electron chi connectivity index (χ4n) is 5.14. The van der Waals surface area contributed by atoms with Crippen LogP contribution >= 0.6 is 91.3 Å². The largest absolute Gasteiger partial charge is 0.465 e. The van der Waals surface area contributed by atoms with Gasteiger partial charge in [0.05, 0.1) is 31.1 Å². The maximum absolute atomic E-state index is 11.7. The lowest BCUT2D eigenvalue weighted by Crippen LogP contribution is -2.21. The Labute approximate surface area is 490 Å². The maximum atomic E-state index is 11.7. The van der Waals surface area contributed by atoms with Gasteiger partial charge in [-0.2, -0.15) is 0 Å². The van der Waals surface area contributed by atoms with Crippen molar-refractivity contribution in [3.8, 4) is 0 Å². The Morgan fingerprint density at radius 2 is 0.921 bits per heavy atom. The molecule has 25 heteroatoms. The van der Waals surface area contributed by atoms with Crippen LogP contribution in [0.2, 0.25) is 5.02 Å². The zero-order valence-corrected chi connectivity index (χ0v) is 52.8. The van der Waals surface area contributed by atoms with Crippen molar-refractivity contribution >= 4 is 156 Å². The van der Waals surface area contributed by atoms with Crippen LogP contribution in [0.5, 0.6) is 0 Å². The van der Waals surface area contributed by atoms with Crippen LogP contribution < -0.4 is 26.6 Å². The SMILES string of the molecule is CC(C)C(=O)Nc1cncc(Br)n1.CC(C)C(=O)Nc1nc(Br)ccc1C1CC1.CC(C)C(=O)Nc1nc(Br)ccc1Cl.COC(=O)c1ccc(Br)nc1NC(=O)C(C)C.COCc1ccc(Br)nc1NC(=O)C(C)C. The molecule has 76 heavy (non-hydrogen) atoms. The zero-order chi connectivity index (χ0) is 57.4. The third kappa shape index (κ3) is 25.1. The standard InChI is InChI=1S/C12H15BrN2O.C11H13BrN2O3.C11H15BrN2O2.C9H10BrClN2O.C8H10BrN3O/c1-7(2)12(16)15-11-9(8-3-4-8)5-6-10(13)14-11;1-6(2)10(15)14-9-7(11(16)17-3)4-5-8(12)13-9;1-7(2)11(15)14-10-8(6-16-3)4-5-9(12)13-10;1-5(2)9(14)13-8-6(11)3-4-7(10)12-8;1-5(2)8(13)12-7-4-10-3-6(9)11-7/h5-8H,3-4H2,1-2H3,(H,14,15,16);4-6H,1-3H3,(H,13,14,15);4-5,7H,6H2,1-3H3,(H,13,14,15);3-5H,1-2H3,(H,12,13,14);3-5H,1-2H3,(H,11,12,13). The molecule has 5 N–H and O–H groups in total. The van der Waals surface area contributed by atoms with E-state index in [-0.39, 0.29) is 70.5 Å². The zero-order valence-electron chi connectivity index (χ0n) is 44.1. The molecule has 5 aromatic rings. The van der Waals surface area contributed by atoms with Crippen LogP contribution in [0.15, 0.2) is 83.9 Å². The summed E-state index contributed by atoms with van der Waals surface area (Å²) in [5.41, 5.74) is 2.25. The van der Waals surface area contributed by atoms with Gasteiger partial charge in [-0.3, -0.25) is 29.0 Å². The van der Waals surface area contributed by atoms with Gasteiger partial charge in [-0.1, -0.05) is 93.0 Å². The molecule has 5 amide bonds. The van der Waals surface area contributed by atoms with Gasteiger partial charge in [0.1, 0.15) is 46.0 Å². The lowest BCUT2D eigenvalue weighted by Gasteiger charge is -2.11. The van der Waals surface area contributed by atoms with E-state index in [1.165, 1.54) is 26.1 Å². The summed E-state index contributed by atoms with van der Waals surface area (Å²) < 4.78 is 12.9. The molecule has 1 aliphatic carbocycles. The number of esters is 1. The lowest BCUT2D eigenvalue weighted by atomic mass is 10.1. The van der Waals surface area contributed by atoms with Crippen LogP contribution in [-0.4, -0.2) is 79.6 Å². The van der Waals surface area contributed by atoms with E-state index in [9.17, 15) is 28.8 Å². The second-order valence-electron chi connectivity index (χ2n) is 17.9. The first-order chi connectivity index (χ1) is 35.7. The number of aromatic nitrogens is 6. The molecule has 0 saturated heterocycles. The quantitative estimate of drug-likeness (QED) is 0.0512. The van der Waals surface area contributed by atoms with Crippen molar-refractivity contribution in [3.05, 3.63) is 106 Å². The summed E-state index contributed by atoms with van der Waals surface area (Å²) in [4.78, 5) is 93.4. The van der Waals surface area contributed by atoms with Crippen LogP contribution in [0.1, 0.15) is 109 Å². The Hall–Kier alpha value is -4.85. The molecular weight excluding hydrogens is 1330 g/mol. The molecule has 5 aromatic heterocycles. The van der Waals surface area contributed by atoms with Crippen LogP contribution in [0.25, 0.3) is 0 Å². The summed E-state index contributed by atoms with van der Waals surface area (Å²) in [6.45, 7) is 18.6. The molecule has 0 unspecified atom stereocenters. The summed E-state index contributed by atoms with van der Waals surface area (Å²) in [5, 5.41) is 14.0. The van der Waals surface area contributed by atoms with Gasteiger partial charge >= 0.3 is 5.97 Å². The molecule has 0 aromatic carbocycles. The number of rotatable bonds is 14. The van der Waals surface area contributed by atoms with E-state index in [0.717, 1.165) is 21.5 Å². The number of methoxy groups -OCH3 is 2. The van der Waals surface area contributed by atoms with E-state index in [4.69, 9.17) is 16.3 Å². The second-order valence-corrected chi connectivity index (χ2v) is 22.3. The van der Waals surface area contributed by atoms with Gasteiger partial charge in [0.15, 0.2) is 11.6 Å². The van der Waals surface area contributed by atoms with Crippen LogP contribution in [0.4, 0.5) is 29.1 Å². The number of hydrogen-bond acceptors (Lipinski definition) is 14. The number of nitrogens with one attached hydrogen (secondary N) is 5. The van der Waals surface area contributed by atoms with Gasteiger partial charge in [-0.05, 0) is 140 Å². The highest BCUT2D eigenvalue weighted by molar-refractivity contribution is 9.11. The lowest BCUT2D eigenvalue weighted by molar-refractivity contribution is -0.119. The maximum Gasteiger partial charge on any atom is 0.341 e. The Bertz CT molecular complexity index is 2770. The average Bonchev–Trinajstić information content (AvgIpc) is 4.20. The van der Waals surface area contributed by atoms with Crippen molar-refractivity contribution in [2.24, 2.45) is 29.6 Å². The molecule has 0 spiro atoms. The number of anilines is 5. The van der Waals surface area contributed by atoms with Crippen molar-refractivity contribution in [1.82, 2.24) is 29.9 Å². The summed E-state index contributed by atoms with van der Waals surface area (Å²) in [6.07, 6.45) is 5.47. The topological polar surface area (TPSA) is 258 Å². The minimum Gasteiger partial charge on any atom is -0.465 e. The molecule has 5 heterocycles. The second kappa shape index (κ2) is 34.1. The van der Waals surface area contributed by atoms with E-state index >= 15 is 0 Å². The van der Waals surface area contributed by atoms with Crippen molar-refractivity contribution in [3.63, 3.8) is 0 Å². The number of pyridine rings is 4. The van der Waals surface area contributed by atoms with Crippen molar-refractivity contribution in [1.29, 1.82) is 0 Å². The third-order valence-corrected chi connectivity index (χ3v) is 12.1.